The number of aryl methyl sites for hydroxylation is 1. The number of sulfonamides is 1. The van der Waals surface area contributed by atoms with Crippen molar-refractivity contribution < 1.29 is 13.2 Å². The molecule has 2 N–H and O–H groups in total. The van der Waals surface area contributed by atoms with Crippen molar-refractivity contribution in [1.29, 1.82) is 0 Å². The summed E-state index contributed by atoms with van der Waals surface area (Å²) in [5.74, 6) is -0.378. The van der Waals surface area contributed by atoms with Crippen LogP contribution in [0.2, 0.25) is 0 Å². The summed E-state index contributed by atoms with van der Waals surface area (Å²) in [6.45, 7) is 5.55. The van der Waals surface area contributed by atoms with Gasteiger partial charge >= 0.3 is 0 Å². The summed E-state index contributed by atoms with van der Waals surface area (Å²) >= 11 is 1.45. The van der Waals surface area contributed by atoms with Crippen LogP contribution in [-0.2, 0) is 14.8 Å². The van der Waals surface area contributed by atoms with E-state index in [-0.39, 0.29) is 16.7 Å². The highest BCUT2D eigenvalue weighted by molar-refractivity contribution is 7.98. The van der Waals surface area contributed by atoms with E-state index in [9.17, 15) is 13.2 Å². The molecule has 0 heterocycles. The second-order valence-electron chi connectivity index (χ2n) is 7.83. The van der Waals surface area contributed by atoms with Crippen LogP contribution in [0.3, 0.4) is 0 Å². The van der Waals surface area contributed by atoms with Crippen LogP contribution in [0.15, 0.2) is 82.6 Å². The Hall–Kier alpha value is -2.61. The minimum atomic E-state index is -3.89. The van der Waals surface area contributed by atoms with Crippen molar-refractivity contribution in [3.63, 3.8) is 0 Å². The maximum atomic E-state index is 13.4. The van der Waals surface area contributed by atoms with Crippen LogP contribution < -0.4 is 10.0 Å². The Labute approximate surface area is 194 Å². The average molecular weight is 469 g/mol. The second-order valence-corrected chi connectivity index (χ2v) is 10.4. The molecule has 0 bridgehead atoms. The Bertz CT molecular complexity index is 1190. The van der Waals surface area contributed by atoms with Gasteiger partial charge in [-0.3, -0.25) is 4.79 Å². The lowest BCUT2D eigenvalue weighted by Crippen LogP contribution is -2.30. The van der Waals surface area contributed by atoms with Crippen molar-refractivity contribution in [3.05, 3.63) is 89.5 Å². The topological polar surface area (TPSA) is 75.3 Å². The van der Waals surface area contributed by atoms with Crippen LogP contribution in [0.4, 0.5) is 5.69 Å². The number of carbonyl (C=O) groups is 1. The molecule has 5 nitrogen and oxygen atoms in total. The van der Waals surface area contributed by atoms with Crippen LogP contribution in [0.5, 0.6) is 0 Å². The molecule has 0 saturated carbocycles. The summed E-state index contributed by atoms with van der Waals surface area (Å²) in [6.07, 6.45) is 1.89. The summed E-state index contributed by atoms with van der Waals surface area (Å²) in [7, 11) is -3.89. The SMILES string of the molecule is CSc1ccc(S(=O)(=O)N[C@H](c2ccccc2)c2ccccc2C)cc1NC(=O)C(C)C. The zero-order valence-corrected chi connectivity index (χ0v) is 20.3. The van der Waals surface area contributed by atoms with Crippen molar-refractivity contribution in [3.8, 4) is 0 Å². The Kier molecular flexibility index (Phi) is 7.77. The smallest absolute Gasteiger partial charge is 0.241 e. The highest BCUT2D eigenvalue weighted by Crippen LogP contribution is 2.31. The minimum absolute atomic E-state index is 0.101. The summed E-state index contributed by atoms with van der Waals surface area (Å²) in [5.41, 5.74) is 3.22. The van der Waals surface area contributed by atoms with Crippen LogP contribution in [0.1, 0.15) is 36.6 Å². The van der Waals surface area contributed by atoms with Gasteiger partial charge in [-0.25, -0.2) is 8.42 Å². The number of nitrogens with one attached hydrogen (secondary N) is 2. The molecule has 0 aliphatic heterocycles. The molecule has 32 heavy (non-hydrogen) atoms. The fourth-order valence-corrected chi connectivity index (χ4v) is 5.08. The molecular weight excluding hydrogens is 440 g/mol. The van der Waals surface area contributed by atoms with Gasteiger partial charge in [0.1, 0.15) is 0 Å². The number of anilines is 1. The van der Waals surface area contributed by atoms with Crippen LogP contribution in [-0.4, -0.2) is 20.6 Å². The van der Waals surface area contributed by atoms with Gasteiger partial charge in [0.2, 0.25) is 15.9 Å². The third-order valence-electron chi connectivity index (χ3n) is 5.17. The van der Waals surface area contributed by atoms with Gasteiger partial charge in [0, 0.05) is 10.8 Å². The summed E-state index contributed by atoms with van der Waals surface area (Å²) in [5, 5.41) is 2.85. The molecule has 0 aliphatic rings. The molecule has 1 atom stereocenters. The van der Waals surface area contributed by atoms with Gasteiger partial charge in [0.15, 0.2) is 0 Å². The van der Waals surface area contributed by atoms with Crippen LogP contribution >= 0.6 is 11.8 Å². The molecule has 0 radical (unpaired) electrons. The number of rotatable bonds is 8. The molecule has 168 valence electrons. The number of hydrogen-bond acceptors (Lipinski definition) is 4. The van der Waals surface area contributed by atoms with E-state index in [1.165, 1.54) is 17.8 Å². The normalized spacial score (nSPS) is 12.5. The fraction of sp³-hybridized carbons (Fsp3) is 0.240. The van der Waals surface area contributed by atoms with Gasteiger partial charge < -0.3 is 5.32 Å². The van der Waals surface area contributed by atoms with Gasteiger partial charge in [0.05, 0.1) is 16.6 Å². The van der Waals surface area contributed by atoms with Gasteiger partial charge in [-0.2, -0.15) is 4.72 Å². The quantitative estimate of drug-likeness (QED) is 0.435. The predicted octanol–water partition coefficient (Wildman–Crippen LogP) is 5.38. The Morgan fingerprint density at radius 3 is 2.22 bits per heavy atom. The molecule has 0 unspecified atom stereocenters. The highest BCUT2D eigenvalue weighted by Gasteiger charge is 2.25. The van der Waals surface area contributed by atoms with Crippen molar-refractivity contribution in [2.24, 2.45) is 5.92 Å². The van der Waals surface area contributed by atoms with E-state index in [1.807, 2.05) is 67.8 Å². The lowest BCUT2D eigenvalue weighted by Gasteiger charge is -2.22. The molecule has 3 rings (SSSR count). The van der Waals surface area contributed by atoms with E-state index < -0.39 is 16.1 Å². The molecule has 3 aromatic carbocycles. The standard InChI is InChI=1S/C25H28N2O3S2/c1-17(2)25(28)26-22-16-20(14-15-23(22)31-4)32(29,30)27-24(19-11-6-5-7-12-19)21-13-9-8-10-18(21)3/h5-17,24,27H,1-4H3,(H,26,28)/t24-/m1/s1. The van der Waals surface area contributed by atoms with Gasteiger partial charge in [0.25, 0.3) is 0 Å². The van der Waals surface area contributed by atoms with Gasteiger partial charge in [-0.15, -0.1) is 11.8 Å². The van der Waals surface area contributed by atoms with E-state index in [0.29, 0.717) is 5.69 Å². The monoisotopic (exact) mass is 468 g/mol. The second kappa shape index (κ2) is 10.3. The van der Waals surface area contributed by atoms with Crippen molar-refractivity contribution in [2.45, 2.75) is 36.6 Å². The van der Waals surface area contributed by atoms with Crippen molar-refractivity contribution in [1.82, 2.24) is 4.72 Å². The number of amides is 1. The Morgan fingerprint density at radius 1 is 0.938 bits per heavy atom. The predicted molar refractivity (Wildman–Crippen MR) is 131 cm³/mol. The number of benzene rings is 3. The van der Waals surface area contributed by atoms with Crippen LogP contribution in [0, 0.1) is 12.8 Å². The van der Waals surface area contributed by atoms with Crippen molar-refractivity contribution >= 4 is 33.4 Å². The molecule has 0 spiro atoms. The third-order valence-corrected chi connectivity index (χ3v) is 7.39. The molecule has 0 fully saturated rings. The van der Waals surface area contributed by atoms with E-state index in [0.717, 1.165) is 21.6 Å². The largest absolute Gasteiger partial charge is 0.325 e. The maximum Gasteiger partial charge on any atom is 0.241 e. The first-order valence-electron chi connectivity index (χ1n) is 10.3. The molecule has 0 aromatic heterocycles. The molecular formula is C25H28N2O3S2. The Morgan fingerprint density at radius 2 is 1.59 bits per heavy atom. The van der Waals surface area contributed by atoms with Gasteiger partial charge in [-0.1, -0.05) is 68.4 Å². The first-order valence-corrected chi connectivity index (χ1v) is 13.1. The Balaban J connectivity index is 2.02. The zero-order chi connectivity index (χ0) is 23.3. The number of carbonyl (C=O) groups excluding carboxylic acids is 1. The molecule has 0 saturated heterocycles. The van der Waals surface area contributed by atoms with Crippen molar-refractivity contribution in [2.75, 3.05) is 11.6 Å². The van der Waals surface area contributed by atoms with E-state index >= 15 is 0 Å². The molecule has 3 aromatic rings. The molecule has 7 heteroatoms. The first-order chi connectivity index (χ1) is 15.2. The van der Waals surface area contributed by atoms with E-state index in [2.05, 4.69) is 10.0 Å². The molecule has 0 aliphatic carbocycles. The zero-order valence-electron chi connectivity index (χ0n) is 18.6. The third kappa shape index (κ3) is 5.59. The lowest BCUT2D eigenvalue weighted by molar-refractivity contribution is -0.118. The lowest BCUT2D eigenvalue weighted by atomic mass is 9.96. The van der Waals surface area contributed by atoms with E-state index in [4.69, 9.17) is 0 Å². The van der Waals surface area contributed by atoms with E-state index in [1.54, 1.807) is 26.0 Å². The number of thioether (sulfide) groups is 1. The first kappa shape index (κ1) is 24.0. The maximum absolute atomic E-state index is 13.4. The summed E-state index contributed by atoms with van der Waals surface area (Å²) in [6, 6.07) is 21.5. The molecule has 1 amide bonds. The van der Waals surface area contributed by atoms with Crippen LogP contribution in [0.25, 0.3) is 0 Å². The summed E-state index contributed by atoms with van der Waals surface area (Å²) in [4.78, 5) is 13.1. The van der Waals surface area contributed by atoms with Gasteiger partial charge in [-0.05, 0) is 48.1 Å². The highest BCUT2D eigenvalue weighted by atomic mass is 32.2. The number of hydrogen-bond donors (Lipinski definition) is 2. The summed E-state index contributed by atoms with van der Waals surface area (Å²) < 4.78 is 29.8. The fourth-order valence-electron chi connectivity index (χ4n) is 3.32. The average Bonchev–Trinajstić information content (AvgIpc) is 2.78. The minimum Gasteiger partial charge on any atom is -0.325 e.